The summed E-state index contributed by atoms with van der Waals surface area (Å²) in [5.74, 6) is -4.84. The van der Waals surface area contributed by atoms with Gasteiger partial charge in [0.15, 0.2) is 0 Å². The molecule has 0 aliphatic heterocycles. The van der Waals surface area contributed by atoms with Crippen molar-refractivity contribution in [1.29, 1.82) is 0 Å². The Hall–Kier alpha value is 2.64. The third kappa shape index (κ3) is 16.6. The van der Waals surface area contributed by atoms with E-state index in [9.17, 15) is 24.6 Å². The Balaban J connectivity index is -0.000000240. The van der Waals surface area contributed by atoms with Crippen LogP contribution in [0.3, 0.4) is 0 Å². The van der Waals surface area contributed by atoms with Gasteiger partial charge in [-0.1, -0.05) is 0 Å². The van der Waals surface area contributed by atoms with Crippen LogP contribution < -0.4 is 143 Å². The summed E-state index contributed by atoms with van der Waals surface area (Å²) in [6.07, 6.45) is -2.73. The SMILES string of the molecule is O=C([O-])CC(OCC(=O)O)C(=O)[O-].[K+].[K+].[Na+]. The van der Waals surface area contributed by atoms with Gasteiger partial charge in [-0.3, -0.25) is 0 Å². The summed E-state index contributed by atoms with van der Waals surface area (Å²) in [5, 5.41) is 28.1. The van der Waals surface area contributed by atoms with Crippen LogP contribution in [0.25, 0.3) is 0 Å². The summed E-state index contributed by atoms with van der Waals surface area (Å²) in [4.78, 5) is 30.0. The van der Waals surface area contributed by atoms with E-state index in [4.69, 9.17) is 5.11 Å². The molecular formula is C6H6K2NaO7+. The van der Waals surface area contributed by atoms with Gasteiger partial charge < -0.3 is 29.6 Å². The standard InChI is InChI=1S/C6H8O7.2K.Na/c7-4(8)1-3(6(11)12)13-2-5(9)10;;;/h3H,1-2H2,(H,7,8)(H,9,10)(H,11,12);;;/q;3*+1/p-2. The predicted molar refractivity (Wildman–Crippen MR) is 32.0 cm³/mol. The Kier molecular flexibility index (Phi) is 26.6. The molecule has 0 saturated heterocycles. The minimum atomic E-state index is -1.79. The van der Waals surface area contributed by atoms with Gasteiger partial charge in [0.05, 0.1) is 5.97 Å². The zero-order valence-corrected chi connectivity index (χ0v) is 17.6. The third-order valence-electron chi connectivity index (χ3n) is 1.02. The molecule has 0 spiro atoms. The summed E-state index contributed by atoms with van der Waals surface area (Å²) in [6.45, 7) is -0.897. The van der Waals surface area contributed by atoms with Gasteiger partial charge in [0.25, 0.3) is 0 Å². The van der Waals surface area contributed by atoms with E-state index in [-0.39, 0.29) is 132 Å². The fourth-order valence-corrected chi connectivity index (χ4v) is 0.534. The molecule has 74 valence electrons. The van der Waals surface area contributed by atoms with Gasteiger partial charge >= 0.3 is 138 Å². The van der Waals surface area contributed by atoms with Crippen molar-refractivity contribution in [2.75, 3.05) is 6.61 Å². The molecule has 0 radical (unpaired) electrons. The summed E-state index contributed by atoms with van der Waals surface area (Å²) in [5.41, 5.74) is 0. The number of carbonyl (C=O) groups is 3. The smallest absolute Gasteiger partial charge is 0.550 e. The number of aliphatic carboxylic acids is 3. The van der Waals surface area contributed by atoms with Crippen molar-refractivity contribution in [1.82, 2.24) is 0 Å². The third-order valence-corrected chi connectivity index (χ3v) is 1.02. The first-order valence-electron chi connectivity index (χ1n) is 3.17. The van der Waals surface area contributed by atoms with E-state index in [0.717, 1.165) is 0 Å². The molecule has 0 aromatic heterocycles. The Bertz CT molecular complexity index is 235. The minimum absolute atomic E-state index is 0. The van der Waals surface area contributed by atoms with Gasteiger partial charge in [0, 0.05) is 12.4 Å². The van der Waals surface area contributed by atoms with E-state index in [1.54, 1.807) is 0 Å². The van der Waals surface area contributed by atoms with E-state index in [1.807, 2.05) is 0 Å². The van der Waals surface area contributed by atoms with Crippen LogP contribution >= 0.6 is 0 Å². The number of carboxylic acids is 3. The van der Waals surface area contributed by atoms with Crippen molar-refractivity contribution < 1.29 is 167 Å². The average molecular weight is 291 g/mol. The predicted octanol–water partition coefficient (Wildman–Crippen LogP) is -12.6. The quantitative estimate of drug-likeness (QED) is 0.481. The summed E-state index contributed by atoms with van der Waals surface area (Å²) < 4.78 is 4.19. The van der Waals surface area contributed by atoms with E-state index in [2.05, 4.69) is 4.74 Å². The van der Waals surface area contributed by atoms with E-state index < -0.39 is 37.0 Å². The number of hydrogen-bond acceptors (Lipinski definition) is 6. The number of carbonyl (C=O) groups excluding carboxylic acids is 2. The van der Waals surface area contributed by atoms with Gasteiger partial charge in [0.2, 0.25) is 0 Å². The fourth-order valence-electron chi connectivity index (χ4n) is 0.534. The fraction of sp³-hybridized carbons (Fsp3) is 0.500. The largest absolute Gasteiger partial charge is 1.00 e. The maximum absolute atomic E-state index is 10.1. The molecule has 7 nitrogen and oxygen atoms in total. The molecule has 0 aliphatic carbocycles. The zero-order chi connectivity index (χ0) is 10.4. The minimum Gasteiger partial charge on any atom is -0.550 e. The van der Waals surface area contributed by atoms with Crippen LogP contribution in [-0.2, 0) is 19.1 Å². The van der Waals surface area contributed by atoms with Crippen molar-refractivity contribution in [3.8, 4) is 0 Å². The first-order valence-corrected chi connectivity index (χ1v) is 3.17. The number of carboxylic acid groups (broad SMARTS) is 3. The van der Waals surface area contributed by atoms with Crippen molar-refractivity contribution in [2.24, 2.45) is 0 Å². The van der Waals surface area contributed by atoms with E-state index in [0.29, 0.717) is 0 Å². The van der Waals surface area contributed by atoms with Crippen LogP contribution in [0, 0.1) is 0 Å². The molecule has 16 heavy (non-hydrogen) atoms. The number of hydrogen-bond donors (Lipinski definition) is 1. The number of ether oxygens (including phenoxy) is 1. The van der Waals surface area contributed by atoms with Crippen molar-refractivity contribution >= 4 is 17.9 Å². The maximum atomic E-state index is 10.1. The summed E-state index contributed by atoms with van der Waals surface area (Å²) in [7, 11) is 0. The van der Waals surface area contributed by atoms with E-state index >= 15 is 0 Å². The normalized spacial score (nSPS) is 9.75. The molecule has 1 N–H and O–H groups in total. The molecule has 0 amide bonds. The molecule has 1 unspecified atom stereocenters. The van der Waals surface area contributed by atoms with E-state index in [1.165, 1.54) is 0 Å². The second-order valence-electron chi connectivity index (χ2n) is 2.09. The second-order valence-corrected chi connectivity index (χ2v) is 2.09. The van der Waals surface area contributed by atoms with Crippen LogP contribution in [-0.4, -0.2) is 35.7 Å². The monoisotopic (exact) mass is 291 g/mol. The van der Waals surface area contributed by atoms with Gasteiger partial charge in [0.1, 0.15) is 12.7 Å². The van der Waals surface area contributed by atoms with Crippen LogP contribution in [0.2, 0.25) is 0 Å². The van der Waals surface area contributed by atoms with Crippen LogP contribution in [0.4, 0.5) is 0 Å². The molecule has 1 atom stereocenters. The zero-order valence-electron chi connectivity index (χ0n) is 9.39. The molecule has 0 aromatic carbocycles. The van der Waals surface area contributed by atoms with Crippen LogP contribution in [0.1, 0.15) is 6.42 Å². The first-order chi connectivity index (χ1) is 5.93. The Labute approximate surface area is 199 Å². The van der Waals surface area contributed by atoms with Gasteiger partial charge in [-0.05, 0) is 0 Å². The maximum Gasteiger partial charge on any atom is 1.00 e. The van der Waals surface area contributed by atoms with Crippen LogP contribution in [0.5, 0.6) is 0 Å². The molecule has 10 heteroatoms. The summed E-state index contributed by atoms with van der Waals surface area (Å²) in [6, 6.07) is 0. The van der Waals surface area contributed by atoms with Gasteiger partial charge in [-0.25, -0.2) is 4.79 Å². The van der Waals surface area contributed by atoms with Crippen molar-refractivity contribution in [3.63, 3.8) is 0 Å². The molecular weight excluding hydrogens is 285 g/mol. The molecule has 0 fully saturated rings. The van der Waals surface area contributed by atoms with Crippen LogP contribution in [0.15, 0.2) is 0 Å². The molecule has 0 rings (SSSR count). The van der Waals surface area contributed by atoms with Gasteiger partial charge in [-0.2, -0.15) is 0 Å². The molecule has 0 aliphatic rings. The molecule has 0 aromatic rings. The van der Waals surface area contributed by atoms with Crippen molar-refractivity contribution in [3.05, 3.63) is 0 Å². The molecule has 0 bridgehead atoms. The molecule has 0 heterocycles. The topological polar surface area (TPSA) is 127 Å². The average Bonchev–Trinajstić information content (AvgIpc) is 1.96. The number of rotatable bonds is 6. The second kappa shape index (κ2) is 15.7. The first kappa shape index (κ1) is 27.1. The Morgan fingerprint density at radius 3 is 1.88 bits per heavy atom. The Morgan fingerprint density at radius 1 is 1.19 bits per heavy atom. The van der Waals surface area contributed by atoms with Crippen molar-refractivity contribution in [2.45, 2.75) is 12.5 Å². The Morgan fingerprint density at radius 2 is 1.62 bits per heavy atom. The molecule has 0 saturated carbocycles. The van der Waals surface area contributed by atoms with Gasteiger partial charge in [-0.15, -0.1) is 0 Å². The summed E-state index contributed by atoms with van der Waals surface area (Å²) >= 11 is 0.